The molecule has 3 N–H and O–H groups in total. The lowest BCUT2D eigenvalue weighted by Gasteiger charge is -2.07. The number of benzene rings is 2. The number of aliphatic carboxylic acids is 1. The van der Waals surface area contributed by atoms with E-state index in [1.54, 1.807) is 12.1 Å². The summed E-state index contributed by atoms with van der Waals surface area (Å²) in [5, 5.41) is 28.4. The molecular weight excluding hydrogens is 268 g/mol. The standard InChI is InChI=1S/C17H16O4/c1-10-3-4-12(7-11(10)2)15(17(20)21)8-13-5-6-14(18)9-16(13)19/h3-9,18-19H,1-2H3,(H,20,21)/b15-8-. The number of rotatable bonds is 3. The quantitative estimate of drug-likeness (QED) is 0.596. The molecule has 21 heavy (non-hydrogen) atoms. The molecule has 2 aromatic carbocycles. The van der Waals surface area contributed by atoms with Crippen molar-refractivity contribution < 1.29 is 20.1 Å². The van der Waals surface area contributed by atoms with E-state index in [4.69, 9.17) is 0 Å². The first kappa shape index (κ1) is 14.7. The second kappa shape index (κ2) is 5.71. The topological polar surface area (TPSA) is 77.8 Å². The highest BCUT2D eigenvalue weighted by Crippen LogP contribution is 2.28. The molecule has 0 aliphatic carbocycles. The second-order valence-corrected chi connectivity index (χ2v) is 4.91. The van der Waals surface area contributed by atoms with Crippen LogP contribution in [0.25, 0.3) is 11.6 Å². The molecule has 0 fully saturated rings. The highest BCUT2D eigenvalue weighted by Gasteiger charge is 2.12. The van der Waals surface area contributed by atoms with E-state index in [2.05, 4.69) is 0 Å². The maximum atomic E-state index is 11.5. The zero-order valence-corrected chi connectivity index (χ0v) is 11.8. The molecule has 0 bridgehead atoms. The molecule has 0 saturated carbocycles. The summed E-state index contributed by atoms with van der Waals surface area (Å²) in [5.74, 6) is -1.32. The number of aryl methyl sites for hydroxylation is 2. The third kappa shape index (κ3) is 3.23. The first-order valence-corrected chi connectivity index (χ1v) is 6.43. The SMILES string of the molecule is Cc1ccc(/C(=C/c2ccc(O)cc2O)C(=O)O)cc1C. The van der Waals surface area contributed by atoms with E-state index < -0.39 is 5.97 Å². The number of carbonyl (C=O) groups is 1. The number of hydrogen-bond donors (Lipinski definition) is 3. The predicted octanol–water partition coefficient (Wildman–Crippen LogP) is 3.34. The van der Waals surface area contributed by atoms with Gasteiger partial charge >= 0.3 is 5.97 Å². The van der Waals surface area contributed by atoms with Crippen LogP contribution in [0.2, 0.25) is 0 Å². The highest BCUT2D eigenvalue weighted by atomic mass is 16.4. The van der Waals surface area contributed by atoms with Gasteiger partial charge in [0, 0.05) is 11.6 Å². The minimum absolute atomic E-state index is 0.0762. The Kier molecular flexibility index (Phi) is 3.98. The van der Waals surface area contributed by atoms with Gasteiger partial charge in [0.1, 0.15) is 11.5 Å². The summed E-state index contributed by atoms with van der Waals surface area (Å²) in [5.41, 5.74) is 3.06. The minimum Gasteiger partial charge on any atom is -0.508 e. The number of carboxylic acids is 1. The molecule has 0 aliphatic rings. The molecule has 2 aromatic rings. The number of phenols is 2. The van der Waals surface area contributed by atoms with E-state index in [9.17, 15) is 20.1 Å². The number of hydrogen-bond acceptors (Lipinski definition) is 3. The lowest BCUT2D eigenvalue weighted by Crippen LogP contribution is -2.00. The Bertz CT molecular complexity index is 730. The van der Waals surface area contributed by atoms with Crippen LogP contribution in [0.1, 0.15) is 22.3 Å². The van der Waals surface area contributed by atoms with Crippen molar-refractivity contribution in [2.24, 2.45) is 0 Å². The van der Waals surface area contributed by atoms with Gasteiger partial charge in [-0.1, -0.05) is 18.2 Å². The van der Waals surface area contributed by atoms with Gasteiger partial charge in [0.2, 0.25) is 0 Å². The molecule has 0 unspecified atom stereocenters. The van der Waals surface area contributed by atoms with E-state index >= 15 is 0 Å². The van der Waals surface area contributed by atoms with E-state index in [-0.39, 0.29) is 17.1 Å². The van der Waals surface area contributed by atoms with Crippen molar-refractivity contribution in [2.45, 2.75) is 13.8 Å². The molecule has 0 heterocycles. The van der Waals surface area contributed by atoms with Crippen LogP contribution in [0, 0.1) is 13.8 Å². The Morgan fingerprint density at radius 1 is 1.00 bits per heavy atom. The van der Waals surface area contributed by atoms with Crippen LogP contribution >= 0.6 is 0 Å². The van der Waals surface area contributed by atoms with Gasteiger partial charge in [-0.05, 0) is 48.7 Å². The molecule has 108 valence electrons. The number of aromatic hydroxyl groups is 2. The van der Waals surface area contributed by atoms with Crippen molar-refractivity contribution in [2.75, 3.05) is 0 Å². The molecule has 0 aliphatic heterocycles. The summed E-state index contributed by atoms with van der Waals surface area (Å²) >= 11 is 0. The Labute approximate surface area is 122 Å². The molecular formula is C17H16O4. The smallest absolute Gasteiger partial charge is 0.336 e. The van der Waals surface area contributed by atoms with Crippen molar-refractivity contribution in [1.29, 1.82) is 0 Å². The Balaban J connectivity index is 2.55. The van der Waals surface area contributed by atoms with Crippen molar-refractivity contribution in [3.8, 4) is 11.5 Å². The van der Waals surface area contributed by atoms with Crippen LogP contribution in [0.4, 0.5) is 0 Å². The average Bonchev–Trinajstić information content (AvgIpc) is 2.41. The van der Waals surface area contributed by atoms with Gasteiger partial charge in [-0.2, -0.15) is 0 Å². The third-order valence-electron chi connectivity index (χ3n) is 3.36. The molecule has 0 spiro atoms. The van der Waals surface area contributed by atoms with Gasteiger partial charge in [-0.3, -0.25) is 0 Å². The maximum Gasteiger partial charge on any atom is 0.336 e. The summed E-state index contributed by atoms with van der Waals surface area (Å²) in [7, 11) is 0. The Hall–Kier alpha value is -2.75. The number of phenolic OH excluding ortho intramolecular Hbond substituents is 2. The van der Waals surface area contributed by atoms with E-state index in [0.29, 0.717) is 11.1 Å². The molecule has 2 rings (SSSR count). The monoisotopic (exact) mass is 284 g/mol. The fourth-order valence-corrected chi connectivity index (χ4v) is 1.99. The largest absolute Gasteiger partial charge is 0.508 e. The number of carboxylic acid groups (broad SMARTS) is 1. The molecule has 0 atom stereocenters. The lowest BCUT2D eigenvalue weighted by molar-refractivity contribution is -0.130. The zero-order chi connectivity index (χ0) is 15.6. The van der Waals surface area contributed by atoms with Crippen LogP contribution < -0.4 is 0 Å². The lowest BCUT2D eigenvalue weighted by atomic mass is 9.98. The summed E-state index contributed by atoms with van der Waals surface area (Å²) in [6.07, 6.45) is 1.39. The van der Waals surface area contributed by atoms with E-state index in [0.717, 1.165) is 11.1 Å². The van der Waals surface area contributed by atoms with Crippen molar-refractivity contribution in [3.05, 3.63) is 58.7 Å². The molecule has 0 amide bonds. The van der Waals surface area contributed by atoms with Crippen LogP contribution in [-0.4, -0.2) is 21.3 Å². The van der Waals surface area contributed by atoms with Crippen LogP contribution in [0.5, 0.6) is 11.5 Å². The Morgan fingerprint density at radius 2 is 1.71 bits per heavy atom. The zero-order valence-electron chi connectivity index (χ0n) is 11.8. The fourth-order valence-electron chi connectivity index (χ4n) is 1.99. The molecule has 0 saturated heterocycles. The predicted molar refractivity (Wildman–Crippen MR) is 81.2 cm³/mol. The van der Waals surface area contributed by atoms with Crippen LogP contribution in [-0.2, 0) is 4.79 Å². The van der Waals surface area contributed by atoms with Crippen LogP contribution in [0.3, 0.4) is 0 Å². The minimum atomic E-state index is -1.08. The van der Waals surface area contributed by atoms with Crippen LogP contribution in [0.15, 0.2) is 36.4 Å². The molecule has 4 heteroatoms. The van der Waals surface area contributed by atoms with Gasteiger partial charge in [0.05, 0.1) is 5.57 Å². The summed E-state index contributed by atoms with van der Waals surface area (Å²) in [6.45, 7) is 3.87. The maximum absolute atomic E-state index is 11.5. The first-order chi connectivity index (χ1) is 9.88. The summed E-state index contributed by atoms with van der Waals surface area (Å²) in [6, 6.07) is 9.43. The molecule has 0 radical (unpaired) electrons. The normalized spacial score (nSPS) is 11.4. The fraction of sp³-hybridized carbons (Fsp3) is 0.118. The van der Waals surface area contributed by atoms with E-state index in [1.165, 1.54) is 24.3 Å². The molecule has 0 aromatic heterocycles. The van der Waals surface area contributed by atoms with Gasteiger partial charge in [0.25, 0.3) is 0 Å². The van der Waals surface area contributed by atoms with Crippen molar-refractivity contribution >= 4 is 17.6 Å². The molecule has 4 nitrogen and oxygen atoms in total. The van der Waals surface area contributed by atoms with Gasteiger partial charge in [0.15, 0.2) is 0 Å². The highest BCUT2D eigenvalue weighted by molar-refractivity contribution is 6.20. The third-order valence-corrected chi connectivity index (χ3v) is 3.36. The summed E-state index contributed by atoms with van der Waals surface area (Å²) in [4.78, 5) is 11.5. The van der Waals surface area contributed by atoms with Gasteiger partial charge in [-0.25, -0.2) is 4.79 Å². The van der Waals surface area contributed by atoms with Gasteiger partial charge < -0.3 is 15.3 Å². The second-order valence-electron chi connectivity index (χ2n) is 4.91. The van der Waals surface area contributed by atoms with Crippen molar-refractivity contribution in [1.82, 2.24) is 0 Å². The van der Waals surface area contributed by atoms with Crippen molar-refractivity contribution in [3.63, 3.8) is 0 Å². The average molecular weight is 284 g/mol. The Morgan fingerprint density at radius 3 is 2.29 bits per heavy atom. The summed E-state index contributed by atoms with van der Waals surface area (Å²) < 4.78 is 0. The van der Waals surface area contributed by atoms with E-state index in [1.807, 2.05) is 19.9 Å². The van der Waals surface area contributed by atoms with Gasteiger partial charge in [-0.15, -0.1) is 0 Å². The first-order valence-electron chi connectivity index (χ1n) is 6.43.